The lowest BCUT2D eigenvalue weighted by atomic mass is 10.1. The molecule has 0 fully saturated rings. The summed E-state index contributed by atoms with van der Waals surface area (Å²) in [7, 11) is 0. The van der Waals surface area contributed by atoms with Crippen LogP contribution in [0.3, 0.4) is 0 Å². The van der Waals surface area contributed by atoms with Crippen LogP contribution in [0.15, 0.2) is 59.1 Å². The third-order valence-corrected chi connectivity index (χ3v) is 5.29. The van der Waals surface area contributed by atoms with Gasteiger partial charge in [-0.2, -0.15) is 31.3 Å². The van der Waals surface area contributed by atoms with E-state index in [0.29, 0.717) is 17.3 Å². The zero-order chi connectivity index (χ0) is 26.3. The number of anilines is 1. The average Bonchev–Trinajstić information content (AvgIpc) is 3.28. The SMILES string of the molecule is Cc1ccc(-c2noc(-c3ccc(O)c(C(F)(F)F)c3)n2)cc1NCc1ccc(F)c(C(F)(F)F)c1. The molecular weight excluding hydrogens is 495 g/mol. The van der Waals surface area contributed by atoms with Gasteiger partial charge in [0.2, 0.25) is 5.82 Å². The summed E-state index contributed by atoms with van der Waals surface area (Å²) in [4.78, 5) is 4.12. The quantitative estimate of drug-likeness (QED) is 0.277. The minimum absolute atomic E-state index is 0.0428. The van der Waals surface area contributed by atoms with E-state index in [1.54, 1.807) is 25.1 Å². The van der Waals surface area contributed by atoms with Crippen molar-refractivity contribution in [3.8, 4) is 28.6 Å². The number of nitrogens with one attached hydrogen (secondary N) is 1. The number of halogens is 7. The molecule has 12 heteroatoms. The lowest BCUT2D eigenvalue weighted by molar-refractivity contribution is -0.140. The minimum atomic E-state index is -4.83. The molecule has 36 heavy (non-hydrogen) atoms. The van der Waals surface area contributed by atoms with Gasteiger partial charge in [0.15, 0.2) is 0 Å². The second-order valence-corrected chi connectivity index (χ2v) is 7.85. The first kappa shape index (κ1) is 25.0. The van der Waals surface area contributed by atoms with Gasteiger partial charge in [0.25, 0.3) is 5.89 Å². The van der Waals surface area contributed by atoms with Crippen LogP contribution in [0.1, 0.15) is 22.3 Å². The van der Waals surface area contributed by atoms with Gasteiger partial charge in [-0.05, 0) is 54.4 Å². The number of nitrogens with zero attached hydrogens (tertiary/aromatic N) is 2. The molecule has 5 nitrogen and oxygen atoms in total. The van der Waals surface area contributed by atoms with Crippen LogP contribution in [0.2, 0.25) is 0 Å². The maximum atomic E-state index is 13.5. The highest BCUT2D eigenvalue weighted by atomic mass is 19.4. The van der Waals surface area contributed by atoms with Gasteiger partial charge in [-0.15, -0.1) is 0 Å². The number of aromatic hydroxyl groups is 1. The molecule has 188 valence electrons. The summed E-state index contributed by atoms with van der Waals surface area (Å²) in [5.74, 6) is -2.47. The molecule has 0 spiro atoms. The van der Waals surface area contributed by atoms with Crippen molar-refractivity contribution < 1.29 is 40.4 Å². The maximum Gasteiger partial charge on any atom is 0.419 e. The second kappa shape index (κ2) is 9.17. The number of alkyl halides is 6. The number of hydrogen-bond acceptors (Lipinski definition) is 5. The smallest absolute Gasteiger partial charge is 0.419 e. The molecule has 0 unspecified atom stereocenters. The number of phenols is 1. The van der Waals surface area contributed by atoms with Gasteiger partial charge in [0.1, 0.15) is 11.6 Å². The third kappa shape index (κ3) is 5.26. The first-order chi connectivity index (χ1) is 16.8. The molecule has 1 aromatic heterocycles. The van der Waals surface area contributed by atoms with Crippen LogP contribution in [0.25, 0.3) is 22.8 Å². The summed E-state index contributed by atoms with van der Waals surface area (Å²) in [6, 6.07) is 10.4. The number of hydrogen-bond donors (Lipinski definition) is 2. The lowest BCUT2D eigenvalue weighted by Gasteiger charge is -2.13. The van der Waals surface area contributed by atoms with Gasteiger partial charge in [0, 0.05) is 23.4 Å². The highest BCUT2D eigenvalue weighted by Crippen LogP contribution is 2.38. The fourth-order valence-electron chi connectivity index (χ4n) is 3.40. The molecule has 4 aromatic rings. The number of rotatable bonds is 5. The van der Waals surface area contributed by atoms with Gasteiger partial charge < -0.3 is 14.9 Å². The third-order valence-electron chi connectivity index (χ3n) is 5.29. The van der Waals surface area contributed by atoms with E-state index in [-0.39, 0.29) is 29.4 Å². The molecule has 1 heterocycles. The number of aromatic nitrogens is 2. The maximum absolute atomic E-state index is 13.5. The van der Waals surface area contributed by atoms with Crippen molar-refractivity contribution in [1.82, 2.24) is 10.1 Å². The van der Waals surface area contributed by atoms with Gasteiger partial charge in [-0.25, -0.2) is 4.39 Å². The van der Waals surface area contributed by atoms with Crippen LogP contribution in [0.4, 0.5) is 36.4 Å². The van der Waals surface area contributed by atoms with Crippen molar-refractivity contribution in [3.63, 3.8) is 0 Å². The van der Waals surface area contributed by atoms with Gasteiger partial charge in [-0.3, -0.25) is 0 Å². The Morgan fingerprint density at radius 2 is 1.56 bits per heavy atom. The van der Waals surface area contributed by atoms with Crippen molar-refractivity contribution in [2.45, 2.75) is 25.8 Å². The topological polar surface area (TPSA) is 71.2 Å². The van der Waals surface area contributed by atoms with Crippen LogP contribution < -0.4 is 5.32 Å². The van der Waals surface area contributed by atoms with E-state index in [4.69, 9.17) is 4.52 Å². The number of aryl methyl sites for hydroxylation is 1. The molecular formula is C24H16F7N3O2. The molecule has 2 N–H and O–H groups in total. The highest BCUT2D eigenvalue weighted by molar-refractivity contribution is 5.67. The Kier molecular flexibility index (Phi) is 6.37. The molecule has 0 amide bonds. The molecule has 0 saturated carbocycles. The monoisotopic (exact) mass is 511 g/mol. The van der Waals surface area contributed by atoms with Gasteiger partial charge in [0.05, 0.1) is 11.1 Å². The molecule has 0 aliphatic rings. The predicted molar refractivity (Wildman–Crippen MR) is 115 cm³/mol. The highest BCUT2D eigenvalue weighted by Gasteiger charge is 2.35. The summed E-state index contributed by atoms with van der Waals surface area (Å²) in [5, 5.41) is 16.3. The fourth-order valence-corrected chi connectivity index (χ4v) is 3.40. The minimum Gasteiger partial charge on any atom is -0.507 e. The van der Waals surface area contributed by atoms with Gasteiger partial charge >= 0.3 is 12.4 Å². The Hall–Kier alpha value is -4.09. The average molecular weight is 511 g/mol. The summed E-state index contributed by atoms with van der Waals surface area (Å²) < 4.78 is 96.8. The Morgan fingerprint density at radius 1 is 0.861 bits per heavy atom. The molecule has 0 bridgehead atoms. The van der Waals surface area contributed by atoms with E-state index < -0.39 is 35.0 Å². The predicted octanol–water partition coefficient (Wildman–Crippen LogP) is 7.21. The summed E-state index contributed by atoms with van der Waals surface area (Å²) in [6.07, 6.45) is -9.61. The van der Waals surface area contributed by atoms with Gasteiger partial charge in [-0.1, -0.05) is 23.4 Å². The van der Waals surface area contributed by atoms with E-state index in [1.807, 2.05) is 0 Å². The van der Waals surface area contributed by atoms with Crippen LogP contribution in [-0.2, 0) is 18.9 Å². The largest absolute Gasteiger partial charge is 0.507 e. The lowest BCUT2D eigenvalue weighted by Crippen LogP contribution is -2.10. The Balaban J connectivity index is 1.57. The van der Waals surface area contributed by atoms with Crippen LogP contribution in [0, 0.1) is 12.7 Å². The van der Waals surface area contributed by atoms with E-state index in [2.05, 4.69) is 15.5 Å². The van der Waals surface area contributed by atoms with Crippen molar-refractivity contribution in [3.05, 3.63) is 82.7 Å². The number of benzene rings is 3. The van der Waals surface area contributed by atoms with Crippen molar-refractivity contribution in [2.75, 3.05) is 5.32 Å². The summed E-state index contributed by atoms with van der Waals surface area (Å²) in [5.41, 5.74) is -0.812. The summed E-state index contributed by atoms with van der Waals surface area (Å²) >= 11 is 0. The van der Waals surface area contributed by atoms with E-state index in [0.717, 1.165) is 23.8 Å². The summed E-state index contributed by atoms with van der Waals surface area (Å²) in [6.45, 7) is 1.70. The Bertz CT molecular complexity index is 1410. The number of phenolic OH excluding ortho intramolecular Hbond substituents is 1. The molecule has 0 aliphatic carbocycles. The first-order valence-corrected chi connectivity index (χ1v) is 10.3. The molecule has 3 aromatic carbocycles. The first-order valence-electron chi connectivity index (χ1n) is 10.3. The Labute approximate surface area is 199 Å². The molecule has 0 atom stereocenters. The van der Waals surface area contributed by atoms with Crippen molar-refractivity contribution in [1.29, 1.82) is 0 Å². The van der Waals surface area contributed by atoms with E-state index in [9.17, 15) is 35.8 Å². The zero-order valence-electron chi connectivity index (χ0n) is 18.3. The van der Waals surface area contributed by atoms with Crippen LogP contribution in [-0.4, -0.2) is 15.2 Å². The normalized spacial score (nSPS) is 12.1. The zero-order valence-corrected chi connectivity index (χ0v) is 18.3. The molecule has 0 radical (unpaired) electrons. The van der Waals surface area contributed by atoms with Crippen LogP contribution >= 0.6 is 0 Å². The molecule has 4 rings (SSSR count). The fraction of sp³-hybridized carbons (Fsp3) is 0.167. The molecule has 0 aliphatic heterocycles. The van der Waals surface area contributed by atoms with Crippen molar-refractivity contribution >= 4 is 5.69 Å². The van der Waals surface area contributed by atoms with Crippen LogP contribution in [0.5, 0.6) is 5.75 Å². The Morgan fingerprint density at radius 3 is 2.25 bits per heavy atom. The van der Waals surface area contributed by atoms with E-state index >= 15 is 0 Å². The molecule has 0 saturated heterocycles. The van der Waals surface area contributed by atoms with E-state index in [1.165, 1.54) is 12.1 Å². The van der Waals surface area contributed by atoms with Crippen molar-refractivity contribution in [2.24, 2.45) is 0 Å². The standard InChI is InChI=1S/C24H16F7N3O2/c1-12-2-4-14(10-19(12)32-11-13-3-6-18(25)16(8-13)23(26,27)28)21-33-22(36-34-21)15-5-7-20(35)17(9-15)24(29,30)31/h2-10,32,35H,11H2,1H3. The second-order valence-electron chi connectivity index (χ2n) is 7.85.